The zero-order valence-electron chi connectivity index (χ0n) is 19.5. The topological polar surface area (TPSA) is 90.8 Å². The predicted octanol–water partition coefficient (Wildman–Crippen LogP) is 3.94. The highest BCUT2D eigenvalue weighted by molar-refractivity contribution is 7.85. The lowest BCUT2D eigenvalue weighted by atomic mass is 9.93. The predicted molar refractivity (Wildman–Crippen MR) is 133 cm³/mol. The van der Waals surface area contributed by atoms with E-state index < -0.39 is 10.1 Å². The van der Waals surface area contributed by atoms with Crippen LogP contribution in [0.25, 0.3) is 11.3 Å². The average Bonchev–Trinajstić information content (AvgIpc) is 3.16. The number of ketones is 1. The second-order valence-corrected chi connectivity index (χ2v) is 10.4. The molecule has 5 rings (SSSR count). The van der Waals surface area contributed by atoms with Crippen molar-refractivity contribution >= 4 is 21.6 Å². The van der Waals surface area contributed by atoms with Gasteiger partial charge in [-0.25, -0.2) is 0 Å². The molecule has 0 bridgehead atoms. The molecule has 178 valence electrons. The van der Waals surface area contributed by atoms with Gasteiger partial charge in [-0.3, -0.25) is 14.3 Å². The van der Waals surface area contributed by atoms with Crippen LogP contribution in [0, 0.1) is 12.8 Å². The molecule has 0 amide bonds. The molecule has 2 atom stereocenters. The Morgan fingerprint density at radius 3 is 2.15 bits per heavy atom. The number of carbonyl (C=O) groups excluding carboxylic acids is 1. The molecule has 3 aromatic rings. The van der Waals surface area contributed by atoms with Gasteiger partial charge in [-0.2, -0.15) is 8.42 Å². The van der Waals surface area contributed by atoms with Gasteiger partial charge in [0.25, 0.3) is 10.1 Å². The van der Waals surface area contributed by atoms with Gasteiger partial charge in [0.1, 0.15) is 0 Å². The first-order valence-corrected chi connectivity index (χ1v) is 12.6. The van der Waals surface area contributed by atoms with Gasteiger partial charge in [-0.15, -0.1) is 0 Å². The maximum Gasteiger partial charge on any atom is 0.294 e. The first-order valence-electron chi connectivity index (χ1n) is 11.2. The third-order valence-corrected chi connectivity index (χ3v) is 7.38. The van der Waals surface area contributed by atoms with E-state index in [9.17, 15) is 13.2 Å². The molecule has 7 nitrogen and oxygen atoms in total. The van der Waals surface area contributed by atoms with Crippen LogP contribution in [-0.4, -0.2) is 61.4 Å². The maximum atomic E-state index is 11.3. The highest BCUT2D eigenvalue weighted by Gasteiger charge is 2.43. The molecule has 1 N–H and O–H groups in total. The minimum atomic E-state index is -4.02. The number of benzene rings is 2. The summed E-state index contributed by atoms with van der Waals surface area (Å²) < 4.78 is 29.6. The highest BCUT2D eigenvalue weighted by Crippen LogP contribution is 2.33. The number of hydrogen-bond acceptors (Lipinski definition) is 6. The van der Waals surface area contributed by atoms with Crippen molar-refractivity contribution in [3.63, 3.8) is 0 Å². The lowest BCUT2D eigenvalue weighted by Gasteiger charge is -2.40. The van der Waals surface area contributed by atoms with Gasteiger partial charge in [0, 0.05) is 42.7 Å². The summed E-state index contributed by atoms with van der Waals surface area (Å²) in [6.07, 6.45) is 1.97. The first-order chi connectivity index (χ1) is 16.1. The molecule has 2 saturated heterocycles. The maximum absolute atomic E-state index is 11.3. The number of anilines is 1. The van der Waals surface area contributed by atoms with E-state index >= 15 is 0 Å². The van der Waals surface area contributed by atoms with Gasteiger partial charge < -0.3 is 9.80 Å². The number of Topliss-reactive ketones (excluding diaryl/α,β-unsaturated/α-hetero) is 1. The molecule has 3 heterocycles. The minimum Gasteiger partial charge on any atom is -0.368 e. The summed E-state index contributed by atoms with van der Waals surface area (Å²) in [6.45, 7) is 6.89. The number of likely N-dealkylation sites (N-methyl/N-ethyl adjacent to an activating group) is 1. The standard InChI is InChI=1S/C19H21N3O.C7H8O3S/c1-13(23)14-3-5-15(6-4-14)18-8-7-17(9-20-18)22-11-16-10-21(2)19(16)12-22;1-6-2-4-7(5-3-6)11(8,9)10/h3-9,16,19H,10-12H2,1-2H3;2-5H,1H3,(H,8,9,10)/t16-,19+;/m1./s1. The van der Waals surface area contributed by atoms with Gasteiger partial charge >= 0.3 is 0 Å². The summed E-state index contributed by atoms with van der Waals surface area (Å²) in [6, 6.07) is 18.6. The van der Waals surface area contributed by atoms with Crippen LogP contribution in [0.5, 0.6) is 0 Å². The lowest BCUT2D eigenvalue weighted by molar-refractivity contribution is 0.0827. The molecule has 2 aliphatic heterocycles. The fraction of sp³-hybridized carbons (Fsp3) is 0.308. The fourth-order valence-corrected chi connectivity index (χ4v) is 4.92. The van der Waals surface area contributed by atoms with Gasteiger partial charge in [0.05, 0.1) is 22.5 Å². The average molecular weight is 480 g/mol. The molecule has 1 aromatic heterocycles. The SMILES string of the molecule is CC(=O)c1ccc(-c2ccc(N3C[C@H]4CN(C)[C@H]4C3)cn2)cc1.Cc1ccc(S(=O)(=O)O)cc1. The van der Waals surface area contributed by atoms with Crippen molar-refractivity contribution in [3.8, 4) is 11.3 Å². The second kappa shape index (κ2) is 9.66. The Hall–Kier alpha value is -3.07. The van der Waals surface area contributed by atoms with Crippen LogP contribution >= 0.6 is 0 Å². The van der Waals surface area contributed by atoms with Crippen molar-refractivity contribution < 1.29 is 17.8 Å². The van der Waals surface area contributed by atoms with Gasteiger partial charge in [0.15, 0.2) is 5.78 Å². The van der Waals surface area contributed by atoms with Crippen LogP contribution in [0.2, 0.25) is 0 Å². The molecular formula is C26H29N3O4S. The van der Waals surface area contributed by atoms with E-state index in [0.29, 0.717) is 6.04 Å². The van der Waals surface area contributed by atoms with Crippen LogP contribution < -0.4 is 4.90 Å². The Morgan fingerprint density at radius 1 is 0.971 bits per heavy atom. The first kappa shape index (κ1) is 24.1. The highest BCUT2D eigenvalue weighted by atomic mass is 32.2. The van der Waals surface area contributed by atoms with Crippen LogP contribution in [0.3, 0.4) is 0 Å². The molecule has 8 heteroatoms. The molecule has 2 aliphatic rings. The van der Waals surface area contributed by atoms with E-state index in [1.165, 1.54) is 24.4 Å². The van der Waals surface area contributed by atoms with Gasteiger partial charge in [-0.1, -0.05) is 42.0 Å². The third kappa shape index (κ3) is 5.35. The zero-order chi connectivity index (χ0) is 24.5. The molecule has 2 aromatic carbocycles. The summed E-state index contributed by atoms with van der Waals surface area (Å²) in [5, 5.41) is 0. The van der Waals surface area contributed by atoms with Crippen molar-refractivity contribution in [2.24, 2.45) is 5.92 Å². The number of hydrogen-bond donors (Lipinski definition) is 1. The molecule has 0 unspecified atom stereocenters. The Labute approximate surface area is 200 Å². The number of likely N-dealkylation sites (tertiary alicyclic amines) is 1. The van der Waals surface area contributed by atoms with Gasteiger partial charge in [0.2, 0.25) is 0 Å². The van der Waals surface area contributed by atoms with Crippen LogP contribution in [-0.2, 0) is 10.1 Å². The number of rotatable bonds is 4. The van der Waals surface area contributed by atoms with Crippen molar-refractivity contribution in [2.75, 3.05) is 31.6 Å². The number of pyridine rings is 1. The minimum absolute atomic E-state index is 0.0666. The molecular weight excluding hydrogens is 450 g/mol. The molecule has 0 saturated carbocycles. The Kier molecular flexibility index (Phi) is 6.84. The fourth-order valence-electron chi connectivity index (χ4n) is 4.44. The van der Waals surface area contributed by atoms with E-state index in [1.807, 2.05) is 37.4 Å². The Bertz CT molecular complexity index is 1260. The van der Waals surface area contributed by atoms with Crippen molar-refractivity contribution in [2.45, 2.75) is 24.8 Å². The van der Waals surface area contributed by atoms with E-state index in [-0.39, 0.29) is 10.7 Å². The van der Waals surface area contributed by atoms with Crippen LogP contribution in [0.15, 0.2) is 71.8 Å². The van der Waals surface area contributed by atoms with E-state index in [2.05, 4.69) is 34.0 Å². The smallest absolute Gasteiger partial charge is 0.294 e. The lowest BCUT2D eigenvalue weighted by Crippen LogP contribution is -2.52. The van der Waals surface area contributed by atoms with Gasteiger partial charge in [-0.05, 0) is 45.2 Å². The van der Waals surface area contributed by atoms with Crippen molar-refractivity contribution in [3.05, 3.63) is 78.0 Å². The third-order valence-electron chi connectivity index (χ3n) is 6.51. The molecule has 34 heavy (non-hydrogen) atoms. The quantitative estimate of drug-likeness (QED) is 0.448. The van der Waals surface area contributed by atoms with Crippen molar-refractivity contribution in [1.82, 2.24) is 9.88 Å². The summed E-state index contributed by atoms with van der Waals surface area (Å²) in [7, 11) is -1.81. The molecule has 0 spiro atoms. The number of aryl methyl sites for hydroxylation is 1. The largest absolute Gasteiger partial charge is 0.368 e. The molecule has 2 fully saturated rings. The second-order valence-electron chi connectivity index (χ2n) is 9.00. The van der Waals surface area contributed by atoms with E-state index in [0.717, 1.165) is 41.4 Å². The van der Waals surface area contributed by atoms with Crippen molar-refractivity contribution in [1.29, 1.82) is 0 Å². The summed E-state index contributed by atoms with van der Waals surface area (Å²) in [4.78, 5) is 20.8. The Morgan fingerprint density at radius 2 is 1.65 bits per heavy atom. The molecule has 0 aliphatic carbocycles. The molecule has 0 radical (unpaired) electrons. The van der Waals surface area contributed by atoms with Crippen LogP contribution in [0.4, 0.5) is 5.69 Å². The summed E-state index contributed by atoms with van der Waals surface area (Å²) >= 11 is 0. The summed E-state index contributed by atoms with van der Waals surface area (Å²) in [5.41, 5.74) is 4.89. The monoisotopic (exact) mass is 479 g/mol. The number of fused-ring (bicyclic) bond motifs is 1. The number of aromatic nitrogens is 1. The number of carbonyl (C=O) groups is 1. The normalized spacial score (nSPS) is 19.6. The van der Waals surface area contributed by atoms with E-state index in [4.69, 9.17) is 4.55 Å². The zero-order valence-corrected chi connectivity index (χ0v) is 20.4. The summed E-state index contributed by atoms with van der Waals surface area (Å²) in [5.74, 6) is 0.910. The van der Waals surface area contributed by atoms with E-state index in [1.54, 1.807) is 19.1 Å². The Balaban J connectivity index is 0.000000210. The number of nitrogens with zero attached hydrogens (tertiary/aromatic N) is 3. The van der Waals surface area contributed by atoms with Crippen LogP contribution in [0.1, 0.15) is 22.8 Å².